The van der Waals surface area contributed by atoms with Crippen molar-refractivity contribution in [1.29, 1.82) is 0 Å². The molecule has 168 valence electrons. The summed E-state index contributed by atoms with van der Waals surface area (Å²) in [5, 5.41) is 33.9. The lowest BCUT2D eigenvalue weighted by Crippen LogP contribution is -2.13. The van der Waals surface area contributed by atoms with Gasteiger partial charge in [-0.15, -0.1) is 0 Å². The highest BCUT2D eigenvalue weighted by Gasteiger charge is 2.33. The normalized spacial score (nSPS) is 17.9. The van der Waals surface area contributed by atoms with Crippen LogP contribution in [-0.4, -0.2) is 44.3 Å². The summed E-state index contributed by atoms with van der Waals surface area (Å²) in [6, 6.07) is 0. The van der Waals surface area contributed by atoms with Crippen molar-refractivity contribution >= 4 is 23.9 Å². The molecule has 0 amide bonds. The molecule has 0 heterocycles. The largest absolute Gasteiger partial charge is 0.481 e. The quantitative estimate of drug-likeness (QED) is 0.287. The summed E-state index contributed by atoms with van der Waals surface area (Å²) >= 11 is 0. The molecule has 2 unspecified atom stereocenters. The van der Waals surface area contributed by atoms with Crippen molar-refractivity contribution in [2.45, 2.75) is 96.3 Å². The van der Waals surface area contributed by atoms with Crippen molar-refractivity contribution in [1.82, 2.24) is 0 Å². The molecule has 8 nitrogen and oxygen atoms in total. The maximum atomic E-state index is 10.4. The van der Waals surface area contributed by atoms with Crippen LogP contribution in [0.2, 0.25) is 0 Å². The van der Waals surface area contributed by atoms with Crippen LogP contribution in [0.15, 0.2) is 0 Å². The molecule has 0 aromatic heterocycles. The first-order valence-corrected chi connectivity index (χ1v) is 10.6. The Kier molecular flexibility index (Phi) is 15.6. The first-order chi connectivity index (χ1) is 13.7. The summed E-state index contributed by atoms with van der Waals surface area (Å²) in [6.45, 7) is 0. The van der Waals surface area contributed by atoms with Crippen LogP contribution in [0.4, 0.5) is 0 Å². The van der Waals surface area contributed by atoms with Crippen molar-refractivity contribution in [3.8, 4) is 0 Å². The molecule has 2 atom stereocenters. The number of unbranched alkanes of at least 4 members (excludes halogenated alkanes) is 9. The fourth-order valence-electron chi connectivity index (χ4n) is 3.40. The smallest absolute Gasteiger partial charge is 0.306 e. The standard InChI is InChI=1S/C14H26O4.C7H10O4/c15-13(16)11-9-7-5-3-1-2-4-6-8-10-12-14(17)18;8-6(9)4-1-2-5(3-4)7(10)11/h1-12H2,(H,15,16)(H,17,18);4-5H,1-3H2,(H,8,9)(H,10,11). The molecule has 1 rings (SSSR count). The molecule has 0 radical (unpaired) electrons. The van der Waals surface area contributed by atoms with Gasteiger partial charge in [0.05, 0.1) is 11.8 Å². The minimum Gasteiger partial charge on any atom is -0.481 e. The van der Waals surface area contributed by atoms with Gasteiger partial charge in [-0.1, -0.05) is 51.4 Å². The van der Waals surface area contributed by atoms with E-state index in [0.29, 0.717) is 32.1 Å². The second-order valence-corrected chi connectivity index (χ2v) is 7.71. The molecule has 0 aliphatic heterocycles. The van der Waals surface area contributed by atoms with Crippen LogP contribution in [0, 0.1) is 11.8 Å². The zero-order valence-corrected chi connectivity index (χ0v) is 17.2. The third-order valence-corrected chi connectivity index (χ3v) is 5.16. The third-order valence-electron chi connectivity index (χ3n) is 5.16. The number of aliphatic carboxylic acids is 4. The summed E-state index contributed by atoms with van der Waals surface area (Å²) in [4.78, 5) is 41.3. The molecule has 29 heavy (non-hydrogen) atoms. The fourth-order valence-corrected chi connectivity index (χ4v) is 3.40. The maximum Gasteiger partial charge on any atom is 0.306 e. The van der Waals surface area contributed by atoms with Gasteiger partial charge < -0.3 is 20.4 Å². The Morgan fingerprint density at radius 1 is 0.517 bits per heavy atom. The van der Waals surface area contributed by atoms with E-state index in [2.05, 4.69) is 0 Å². The van der Waals surface area contributed by atoms with Gasteiger partial charge in [-0.25, -0.2) is 0 Å². The fraction of sp³-hybridized carbons (Fsp3) is 0.810. The highest BCUT2D eigenvalue weighted by atomic mass is 16.4. The van der Waals surface area contributed by atoms with Crippen LogP contribution in [-0.2, 0) is 19.2 Å². The van der Waals surface area contributed by atoms with E-state index in [9.17, 15) is 19.2 Å². The van der Waals surface area contributed by atoms with Gasteiger partial charge in [-0.3, -0.25) is 19.2 Å². The molecule has 0 aromatic carbocycles. The Hall–Kier alpha value is -2.12. The number of hydrogen-bond donors (Lipinski definition) is 4. The van der Waals surface area contributed by atoms with E-state index >= 15 is 0 Å². The average Bonchev–Trinajstić information content (AvgIpc) is 3.13. The summed E-state index contributed by atoms with van der Waals surface area (Å²) in [5.74, 6) is -4.00. The number of carboxylic acid groups (broad SMARTS) is 4. The van der Waals surface area contributed by atoms with Gasteiger partial charge in [0.15, 0.2) is 0 Å². The zero-order valence-electron chi connectivity index (χ0n) is 17.2. The molecule has 0 aromatic rings. The highest BCUT2D eigenvalue weighted by Crippen LogP contribution is 2.30. The van der Waals surface area contributed by atoms with Gasteiger partial charge in [-0.2, -0.15) is 0 Å². The van der Waals surface area contributed by atoms with E-state index in [-0.39, 0.29) is 0 Å². The summed E-state index contributed by atoms with van der Waals surface area (Å²) in [5.41, 5.74) is 0. The van der Waals surface area contributed by atoms with Gasteiger partial charge in [0.25, 0.3) is 0 Å². The molecular weight excluding hydrogens is 380 g/mol. The molecule has 0 saturated heterocycles. The monoisotopic (exact) mass is 416 g/mol. The van der Waals surface area contributed by atoms with Crippen LogP contribution in [0.3, 0.4) is 0 Å². The zero-order chi connectivity index (χ0) is 22.1. The highest BCUT2D eigenvalue weighted by molar-refractivity contribution is 5.75. The van der Waals surface area contributed by atoms with E-state index < -0.39 is 35.7 Å². The summed E-state index contributed by atoms with van der Waals surface area (Å²) in [6.07, 6.45) is 12.6. The van der Waals surface area contributed by atoms with Crippen LogP contribution < -0.4 is 0 Å². The molecule has 4 N–H and O–H groups in total. The Bertz CT molecular complexity index is 459. The number of carbonyl (C=O) groups is 4. The predicted octanol–water partition coefficient (Wildman–Crippen LogP) is 4.41. The van der Waals surface area contributed by atoms with Gasteiger partial charge in [0.2, 0.25) is 0 Å². The van der Waals surface area contributed by atoms with Gasteiger partial charge in [0, 0.05) is 12.8 Å². The van der Waals surface area contributed by atoms with Crippen molar-refractivity contribution in [3.63, 3.8) is 0 Å². The molecular formula is C21H36O8. The van der Waals surface area contributed by atoms with Gasteiger partial charge >= 0.3 is 23.9 Å². The minimum absolute atomic E-state index is 0.295. The lowest BCUT2D eigenvalue weighted by molar-refractivity contribution is -0.143. The molecule has 1 fully saturated rings. The Balaban J connectivity index is 0.000000604. The van der Waals surface area contributed by atoms with E-state index in [0.717, 1.165) is 38.5 Å². The minimum atomic E-state index is -0.867. The summed E-state index contributed by atoms with van der Waals surface area (Å²) in [7, 11) is 0. The molecule has 1 aliphatic rings. The third kappa shape index (κ3) is 16.5. The molecule has 8 heteroatoms. The lowest BCUT2D eigenvalue weighted by Gasteiger charge is -2.01. The van der Waals surface area contributed by atoms with Crippen molar-refractivity contribution in [2.24, 2.45) is 11.8 Å². The van der Waals surface area contributed by atoms with Crippen molar-refractivity contribution < 1.29 is 39.6 Å². The maximum absolute atomic E-state index is 10.4. The van der Waals surface area contributed by atoms with E-state index in [1.54, 1.807) is 0 Å². The number of carboxylic acids is 4. The predicted molar refractivity (Wildman–Crippen MR) is 107 cm³/mol. The van der Waals surface area contributed by atoms with Crippen LogP contribution in [0.5, 0.6) is 0 Å². The number of hydrogen-bond acceptors (Lipinski definition) is 4. The van der Waals surface area contributed by atoms with Crippen molar-refractivity contribution in [2.75, 3.05) is 0 Å². The van der Waals surface area contributed by atoms with Crippen LogP contribution >= 0.6 is 0 Å². The SMILES string of the molecule is O=C(O)C1CCC(C(=O)O)C1.O=C(O)CCCCCCCCCCCCC(=O)O. The van der Waals surface area contributed by atoms with E-state index in [4.69, 9.17) is 20.4 Å². The summed E-state index contributed by atoms with van der Waals surface area (Å²) < 4.78 is 0. The van der Waals surface area contributed by atoms with Gasteiger partial charge in [0.1, 0.15) is 0 Å². The second kappa shape index (κ2) is 16.8. The number of rotatable bonds is 15. The molecule has 0 spiro atoms. The Morgan fingerprint density at radius 3 is 1.00 bits per heavy atom. The molecule has 1 saturated carbocycles. The Labute approximate surface area is 172 Å². The van der Waals surface area contributed by atoms with E-state index in [1.807, 2.05) is 0 Å². The van der Waals surface area contributed by atoms with Crippen molar-refractivity contribution in [3.05, 3.63) is 0 Å². The first-order valence-electron chi connectivity index (χ1n) is 10.6. The average molecular weight is 417 g/mol. The molecule has 1 aliphatic carbocycles. The first kappa shape index (κ1) is 26.9. The van der Waals surface area contributed by atoms with E-state index in [1.165, 1.54) is 25.7 Å². The van der Waals surface area contributed by atoms with Gasteiger partial charge in [-0.05, 0) is 32.1 Å². The second-order valence-electron chi connectivity index (χ2n) is 7.71. The van der Waals surface area contributed by atoms with Crippen LogP contribution in [0.25, 0.3) is 0 Å². The Morgan fingerprint density at radius 2 is 0.793 bits per heavy atom. The molecule has 0 bridgehead atoms. The van der Waals surface area contributed by atoms with Crippen LogP contribution in [0.1, 0.15) is 96.3 Å². The lowest BCUT2D eigenvalue weighted by atomic mass is 10.1. The topological polar surface area (TPSA) is 149 Å².